The number of hydrogen-bond acceptors (Lipinski definition) is 7. The summed E-state index contributed by atoms with van der Waals surface area (Å²) in [6.45, 7) is -1.26. The second-order valence-corrected chi connectivity index (χ2v) is 7.02. The molecule has 3 aromatic rings. The van der Waals surface area contributed by atoms with Gasteiger partial charge in [0.1, 0.15) is 22.9 Å². The molecule has 0 aliphatic carbocycles. The molecule has 0 spiro atoms. The molecule has 2 heterocycles. The predicted octanol–water partition coefficient (Wildman–Crippen LogP) is 4.14. The number of thioether (sulfide) groups is 1. The molecule has 3 rings (SSSR count). The zero-order chi connectivity index (χ0) is 21.6. The van der Waals surface area contributed by atoms with E-state index in [4.69, 9.17) is 9.84 Å². The van der Waals surface area contributed by atoms with E-state index in [1.54, 1.807) is 36.7 Å². The van der Waals surface area contributed by atoms with E-state index in [0.717, 1.165) is 5.56 Å². The number of halogens is 2. The van der Waals surface area contributed by atoms with Gasteiger partial charge in [-0.05, 0) is 17.7 Å². The minimum Gasteiger partial charge on any atom is -0.484 e. The fraction of sp³-hybridized carbons (Fsp3) is 0.143. The third kappa shape index (κ3) is 5.09. The number of aliphatic hydroxyl groups is 1. The topological polar surface area (TPSA) is 103 Å². The number of hydrogen-bond donors (Lipinski definition) is 1. The van der Waals surface area contributed by atoms with Gasteiger partial charge >= 0.3 is 6.11 Å². The Kier molecular flexibility index (Phi) is 6.58. The summed E-state index contributed by atoms with van der Waals surface area (Å²) >= 11 is 1.29. The van der Waals surface area contributed by atoms with Crippen LogP contribution in [-0.4, -0.2) is 27.8 Å². The molecule has 0 atom stereocenters. The summed E-state index contributed by atoms with van der Waals surface area (Å²) in [6, 6.07) is 13.9. The second-order valence-electron chi connectivity index (χ2n) is 6.05. The lowest BCUT2D eigenvalue weighted by Gasteiger charge is -2.16. The van der Waals surface area contributed by atoms with E-state index in [1.807, 2.05) is 12.1 Å². The SMILES string of the molecule is N#Cc1cnc(SCc2cccnc2)c(C#N)c1-c1ccccc1OCC(O)(F)F. The van der Waals surface area contributed by atoms with Gasteiger partial charge in [0.25, 0.3) is 0 Å². The van der Waals surface area contributed by atoms with Crippen molar-refractivity contribution in [2.75, 3.05) is 6.61 Å². The van der Waals surface area contributed by atoms with E-state index in [1.165, 1.54) is 24.0 Å². The van der Waals surface area contributed by atoms with Crippen LogP contribution in [0.25, 0.3) is 11.1 Å². The van der Waals surface area contributed by atoms with E-state index < -0.39 is 12.7 Å². The van der Waals surface area contributed by atoms with Gasteiger partial charge in [0.05, 0.1) is 11.1 Å². The average Bonchev–Trinajstić information content (AvgIpc) is 2.76. The van der Waals surface area contributed by atoms with Gasteiger partial charge in [0.2, 0.25) is 0 Å². The van der Waals surface area contributed by atoms with Crippen molar-refractivity contribution in [3.8, 4) is 29.0 Å². The number of pyridine rings is 2. The number of para-hydroxylation sites is 1. The summed E-state index contributed by atoms with van der Waals surface area (Å²) in [6.07, 6.45) is 0.660. The Labute approximate surface area is 175 Å². The molecule has 0 aliphatic rings. The van der Waals surface area contributed by atoms with Gasteiger partial charge in [-0.25, -0.2) is 4.98 Å². The molecular formula is C21H14F2N4O2S. The summed E-state index contributed by atoms with van der Waals surface area (Å²) in [5, 5.41) is 28.4. The van der Waals surface area contributed by atoms with E-state index in [9.17, 15) is 19.3 Å². The Hall–Kier alpha value is -3.53. The monoisotopic (exact) mass is 424 g/mol. The first kappa shape index (κ1) is 21.2. The Morgan fingerprint density at radius 2 is 1.90 bits per heavy atom. The maximum absolute atomic E-state index is 12.9. The van der Waals surface area contributed by atoms with Gasteiger partial charge in [-0.2, -0.15) is 19.3 Å². The molecule has 0 radical (unpaired) electrons. The number of benzene rings is 1. The minimum absolute atomic E-state index is 0.00799. The van der Waals surface area contributed by atoms with Crippen LogP contribution in [0.3, 0.4) is 0 Å². The molecule has 0 bridgehead atoms. The minimum atomic E-state index is -4.02. The summed E-state index contributed by atoms with van der Waals surface area (Å²) in [5.41, 5.74) is 1.67. The lowest BCUT2D eigenvalue weighted by atomic mass is 9.97. The summed E-state index contributed by atoms with van der Waals surface area (Å²) in [4.78, 5) is 8.28. The Morgan fingerprint density at radius 1 is 1.10 bits per heavy atom. The molecule has 1 aromatic carbocycles. The van der Waals surface area contributed by atoms with Crippen molar-refractivity contribution >= 4 is 11.8 Å². The van der Waals surface area contributed by atoms with Crippen LogP contribution in [0.5, 0.6) is 5.75 Å². The van der Waals surface area contributed by atoms with Crippen LogP contribution in [-0.2, 0) is 5.75 Å². The largest absolute Gasteiger partial charge is 0.484 e. The highest BCUT2D eigenvalue weighted by atomic mass is 32.2. The van der Waals surface area contributed by atoms with Crippen LogP contribution < -0.4 is 4.74 Å². The van der Waals surface area contributed by atoms with Crippen LogP contribution in [0, 0.1) is 22.7 Å². The number of nitrogens with zero attached hydrogens (tertiary/aromatic N) is 4. The third-order valence-electron chi connectivity index (χ3n) is 3.93. The number of alkyl halides is 2. The summed E-state index contributed by atoms with van der Waals surface area (Å²) in [5.74, 6) is 0.504. The van der Waals surface area contributed by atoms with Crippen molar-refractivity contribution in [3.63, 3.8) is 0 Å². The van der Waals surface area contributed by atoms with Crippen molar-refractivity contribution in [3.05, 3.63) is 71.7 Å². The number of nitriles is 2. The lowest BCUT2D eigenvalue weighted by molar-refractivity contribution is -0.216. The third-order valence-corrected chi connectivity index (χ3v) is 4.99. The zero-order valence-corrected chi connectivity index (χ0v) is 16.2. The average molecular weight is 424 g/mol. The van der Waals surface area contributed by atoms with Crippen molar-refractivity contribution in [1.82, 2.24) is 9.97 Å². The zero-order valence-electron chi connectivity index (χ0n) is 15.4. The predicted molar refractivity (Wildman–Crippen MR) is 106 cm³/mol. The van der Waals surface area contributed by atoms with Gasteiger partial charge in [-0.15, -0.1) is 11.8 Å². The molecule has 1 N–H and O–H groups in total. The Morgan fingerprint density at radius 3 is 2.57 bits per heavy atom. The smallest absolute Gasteiger partial charge is 0.387 e. The van der Waals surface area contributed by atoms with Gasteiger partial charge < -0.3 is 9.84 Å². The standard InChI is InChI=1S/C21H14F2N4O2S/c22-21(23,28)13-29-18-6-2-1-5-16(18)19-15(8-24)11-27-20(17(19)9-25)30-12-14-4-3-7-26-10-14/h1-7,10-11,28H,12-13H2. The molecule has 150 valence electrons. The van der Waals surface area contributed by atoms with Gasteiger partial charge in [0.15, 0.2) is 6.61 Å². The first-order valence-electron chi connectivity index (χ1n) is 8.60. The maximum atomic E-state index is 12.9. The molecular weight excluding hydrogens is 410 g/mol. The van der Waals surface area contributed by atoms with Crippen LogP contribution in [0.1, 0.15) is 16.7 Å². The molecule has 30 heavy (non-hydrogen) atoms. The number of aromatic nitrogens is 2. The van der Waals surface area contributed by atoms with Crippen LogP contribution >= 0.6 is 11.8 Å². The molecule has 0 amide bonds. The van der Waals surface area contributed by atoms with Crippen molar-refractivity contribution in [2.24, 2.45) is 0 Å². The Balaban J connectivity index is 2.04. The highest BCUT2D eigenvalue weighted by molar-refractivity contribution is 7.98. The van der Waals surface area contributed by atoms with Gasteiger partial charge in [0, 0.05) is 35.5 Å². The first-order chi connectivity index (χ1) is 14.4. The molecule has 0 fully saturated rings. The number of ether oxygens (including phenoxy) is 1. The molecule has 6 nitrogen and oxygen atoms in total. The van der Waals surface area contributed by atoms with Crippen molar-refractivity contribution < 1.29 is 18.6 Å². The van der Waals surface area contributed by atoms with Crippen LogP contribution in [0.15, 0.2) is 60.0 Å². The summed E-state index contributed by atoms with van der Waals surface area (Å²) in [7, 11) is 0. The van der Waals surface area contributed by atoms with E-state index in [-0.39, 0.29) is 28.0 Å². The highest BCUT2D eigenvalue weighted by Gasteiger charge is 2.27. The molecule has 0 saturated carbocycles. The van der Waals surface area contributed by atoms with Gasteiger partial charge in [-0.1, -0.05) is 24.3 Å². The van der Waals surface area contributed by atoms with Crippen LogP contribution in [0.4, 0.5) is 8.78 Å². The summed E-state index contributed by atoms with van der Waals surface area (Å²) < 4.78 is 30.8. The normalized spacial score (nSPS) is 10.8. The van der Waals surface area contributed by atoms with Crippen LogP contribution in [0.2, 0.25) is 0 Å². The van der Waals surface area contributed by atoms with E-state index in [2.05, 4.69) is 16.0 Å². The van der Waals surface area contributed by atoms with Gasteiger partial charge in [-0.3, -0.25) is 4.98 Å². The Bertz CT molecular complexity index is 1120. The van der Waals surface area contributed by atoms with Crippen molar-refractivity contribution in [1.29, 1.82) is 10.5 Å². The lowest BCUT2D eigenvalue weighted by Crippen LogP contribution is -2.24. The van der Waals surface area contributed by atoms with Crippen molar-refractivity contribution in [2.45, 2.75) is 16.9 Å². The van der Waals surface area contributed by atoms with E-state index >= 15 is 0 Å². The number of rotatable bonds is 7. The van der Waals surface area contributed by atoms with E-state index in [0.29, 0.717) is 10.8 Å². The molecule has 2 aromatic heterocycles. The quantitative estimate of drug-likeness (QED) is 0.569. The fourth-order valence-corrected chi connectivity index (χ4v) is 3.56. The fourth-order valence-electron chi connectivity index (χ4n) is 2.67. The second kappa shape index (κ2) is 9.31. The molecule has 9 heteroatoms. The highest BCUT2D eigenvalue weighted by Crippen LogP contribution is 2.38. The molecule has 0 aliphatic heterocycles. The molecule has 0 saturated heterocycles. The maximum Gasteiger partial charge on any atom is 0.387 e. The molecule has 0 unspecified atom stereocenters. The first-order valence-corrected chi connectivity index (χ1v) is 9.59.